The largest absolute Gasteiger partial charge is 0.494 e. The van der Waals surface area contributed by atoms with E-state index in [9.17, 15) is 0 Å². The maximum atomic E-state index is 5.71. The van der Waals surface area contributed by atoms with Crippen molar-refractivity contribution in [1.82, 2.24) is 10.6 Å². The number of guanidine groups is 1. The second kappa shape index (κ2) is 13.4. The number of rotatable bonds is 9. The molecular weight excluding hydrogens is 389 g/mol. The van der Waals surface area contributed by atoms with Gasteiger partial charge in [-0.1, -0.05) is 31.6 Å². The van der Waals surface area contributed by atoms with Gasteiger partial charge >= 0.3 is 0 Å². The lowest BCUT2D eigenvalue weighted by molar-refractivity contribution is 0.309. The second-order valence-electron chi connectivity index (χ2n) is 4.71. The third kappa shape index (κ3) is 8.92. The quantitative estimate of drug-likeness (QED) is 0.212. The summed E-state index contributed by atoms with van der Waals surface area (Å²) in [5.41, 5.74) is 1.14. The zero-order valence-electron chi connectivity index (χ0n) is 13.6. The number of hydrogen-bond donors (Lipinski definition) is 2. The molecular formula is C17H28IN3O. The molecule has 0 aliphatic heterocycles. The number of benzene rings is 1. The van der Waals surface area contributed by atoms with Crippen LogP contribution in [0, 0.1) is 0 Å². The van der Waals surface area contributed by atoms with Gasteiger partial charge in [0.2, 0.25) is 0 Å². The maximum Gasteiger partial charge on any atom is 0.191 e. The molecule has 0 spiro atoms. The van der Waals surface area contributed by atoms with Gasteiger partial charge in [-0.15, -0.1) is 30.6 Å². The Balaban J connectivity index is 0.00000441. The van der Waals surface area contributed by atoms with Crippen LogP contribution in [0.3, 0.4) is 0 Å². The molecule has 0 unspecified atom stereocenters. The predicted octanol–water partition coefficient (Wildman–Crippen LogP) is 3.72. The van der Waals surface area contributed by atoms with Gasteiger partial charge in [0.05, 0.1) is 13.2 Å². The van der Waals surface area contributed by atoms with Gasteiger partial charge in [0.25, 0.3) is 0 Å². The molecule has 0 atom stereocenters. The van der Waals surface area contributed by atoms with Crippen molar-refractivity contribution >= 4 is 29.9 Å². The van der Waals surface area contributed by atoms with Crippen LogP contribution in [-0.4, -0.2) is 25.7 Å². The first-order valence-corrected chi connectivity index (χ1v) is 7.65. The fraction of sp³-hybridized carbons (Fsp3) is 0.471. The molecule has 22 heavy (non-hydrogen) atoms. The van der Waals surface area contributed by atoms with Gasteiger partial charge in [0.1, 0.15) is 5.75 Å². The first kappa shape index (κ1) is 20.8. The highest BCUT2D eigenvalue weighted by molar-refractivity contribution is 14.0. The Morgan fingerprint density at radius 2 is 2.14 bits per heavy atom. The molecule has 0 saturated heterocycles. The molecule has 0 aliphatic rings. The number of nitrogens with zero attached hydrogens (tertiary/aromatic N) is 1. The van der Waals surface area contributed by atoms with Crippen LogP contribution in [0.5, 0.6) is 5.75 Å². The molecule has 0 radical (unpaired) electrons. The lowest BCUT2D eigenvalue weighted by Gasteiger charge is -2.10. The zero-order valence-corrected chi connectivity index (χ0v) is 15.9. The molecule has 0 bridgehead atoms. The highest BCUT2D eigenvalue weighted by Gasteiger charge is 1.98. The molecule has 1 aromatic carbocycles. The van der Waals surface area contributed by atoms with Crippen LogP contribution < -0.4 is 15.4 Å². The van der Waals surface area contributed by atoms with Gasteiger partial charge in [-0.3, -0.25) is 0 Å². The van der Waals surface area contributed by atoms with E-state index in [-0.39, 0.29) is 24.0 Å². The number of unbranched alkanes of at least 4 members (excludes halogenated alkanes) is 1. The van der Waals surface area contributed by atoms with Crippen LogP contribution in [0.2, 0.25) is 0 Å². The molecule has 124 valence electrons. The summed E-state index contributed by atoms with van der Waals surface area (Å²) in [6.07, 6.45) is 4.04. The Bertz CT molecular complexity index is 449. The van der Waals surface area contributed by atoms with Crippen LogP contribution in [-0.2, 0) is 6.54 Å². The summed E-state index contributed by atoms with van der Waals surface area (Å²) in [4.78, 5) is 4.55. The van der Waals surface area contributed by atoms with Crippen LogP contribution in [0.4, 0.5) is 0 Å². The summed E-state index contributed by atoms with van der Waals surface area (Å²) in [5, 5.41) is 6.39. The Kier molecular flexibility index (Phi) is 12.7. The van der Waals surface area contributed by atoms with Crippen molar-refractivity contribution in [2.24, 2.45) is 4.99 Å². The zero-order chi connectivity index (χ0) is 15.3. The van der Waals surface area contributed by atoms with Crippen molar-refractivity contribution in [2.45, 2.75) is 33.2 Å². The summed E-state index contributed by atoms with van der Waals surface area (Å²) in [7, 11) is 0. The van der Waals surface area contributed by atoms with Crippen molar-refractivity contribution in [1.29, 1.82) is 0 Å². The highest BCUT2D eigenvalue weighted by Crippen LogP contribution is 2.14. The van der Waals surface area contributed by atoms with Crippen molar-refractivity contribution in [3.8, 4) is 5.75 Å². The SMILES string of the molecule is C=CCNC(=NCc1cccc(OCCCC)c1)NCC.I. The molecule has 0 saturated carbocycles. The Morgan fingerprint density at radius 3 is 2.82 bits per heavy atom. The topological polar surface area (TPSA) is 45.7 Å². The van der Waals surface area contributed by atoms with Crippen molar-refractivity contribution in [3.63, 3.8) is 0 Å². The van der Waals surface area contributed by atoms with Gasteiger partial charge < -0.3 is 15.4 Å². The third-order valence-corrected chi connectivity index (χ3v) is 2.84. The number of hydrogen-bond acceptors (Lipinski definition) is 2. The number of nitrogens with one attached hydrogen (secondary N) is 2. The van der Waals surface area contributed by atoms with Gasteiger partial charge in [0.15, 0.2) is 5.96 Å². The Hall–Kier alpha value is -1.24. The van der Waals surface area contributed by atoms with Crippen molar-refractivity contribution in [3.05, 3.63) is 42.5 Å². The fourth-order valence-electron chi connectivity index (χ4n) is 1.75. The average Bonchev–Trinajstić information content (AvgIpc) is 2.51. The summed E-state index contributed by atoms with van der Waals surface area (Å²) in [6.45, 7) is 10.8. The lowest BCUT2D eigenvalue weighted by atomic mass is 10.2. The third-order valence-electron chi connectivity index (χ3n) is 2.84. The molecule has 0 amide bonds. The molecule has 0 aliphatic carbocycles. The van der Waals surface area contributed by atoms with E-state index in [1.165, 1.54) is 0 Å². The first-order valence-electron chi connectivity index (χ1n) is 7.65. The smallest absolute Gasteiger partial charge is 0.191 e. The molecule has 0 aromatic heterocycles. The molecule has 1 rings (SSSR count). The number of halogens is 1. The highest BCUT2D eigenvalue weighted by atomic mass is 127. The summed E-state index contributed by atoms with van der Waals surface area (Å²) < 4.78 is 5.71. The molecule has 0 fully saturated rings. The Morgan fingerprint density at radius 1 is 1.32 bits per heavy atom. The van der Waals surface area contributed by atoms with E-state index in [0.717, 1.165) is 43.3 Å². The number of aliphatic imine (C=N–C) groups is 1. The van der Waals surface area contributed by atoms with E-state index in [0.29, 0.717) is 13.1 Å². The summed E-state index contributed by atoms with van der Waals surface area (Å²) >= 11 is 0. The monoisotopic (exact) mass is 417 g/mol. The van der Waals surface area contributed by atoms with Crippen molar-refractivity contribution < 1.29 is 4.74 Å². The molecule has 5 heteroatoms. The maximum absolute atomic E-state index is 5.71. The van der Waals surface area contributed by atoms with Crippen LogP contribution in [0.25, 0.3) is 0 Å². The van der Waals surface area contributed by atoms with E-state index < -0.39 is 0 Å². The predicted molar refractivity (Wildman–Crippen MR) is 105 cm³/mol. The van der Waals surface area contributed by atoms with Gasteiger partial charge in [-0.05, 0) is 31.0 Å². The van der Waals surface area contributed by atoms with E-state index >= 15 is 0 Å². The van der Waals surface area contributed by atoms with E-state index in [2.05, 4.69) is 41.3 Å². The molecule has 0 heterocycles. The van der Waals surface area contributed by atoms with Gasteiger partial charge in [0, 0.05) is 13.1 Å². The normalized spacial score (nSPS) is 10.5. The van der Waals surface area contributed by atoms with Crippen LogP contribution >= 0.6 is 24.0 Å². The first-order chi connectivity index (χ1) is 10.3. The fourth-order valence-corrected chi connectivity index (χ4v) is 1.75. The standard InChI is InChI=1S/C17H27N3O.HI/c1-4-7-12-21-16-10-8-9-15(13-16)14-20-17(18-6-3)19-11-5-2;/h5,8-10,13H,2,4,6-7,11-12,14H2,1,3H3,(H2,18,19,20);1H. The van der Waals surface area contributed by atoms with Crippen LogP contribution in [0.1, 0.15) is 32.3 Å². The van der Waals surface area contributed by atoms with E-state index in [1.54, 1.807) is 0 Å². The second-order valence-corrected chi connectivity index (χ2v) is 4.71. The minimum absolute atomic E-state index is 0. The summed E-state index contributed by atoms with van der Waals surface area (Å²) in [6, 6.07) is 8.11. The summed E-state index contributed by atoms with van der Waals surface area (Å²) in [5.74, 6) is 1.72. The lowest BCUT2D eigenvalue weighted by Crippen LogP contribution is -2.37. The van der Waals surface area contributed by atoms with Gasteiger partial charge in [-0.2, -0.15) is 0 Å². The van der Waals surface area contributed by atoms with Gasteiger partial charge in [-0.25, -0.2) is 4.99 Å². The van der Waals surface area contributed by atoms with Crippen LogP contribution in [0.15, 0.2) is 41.9 Å². The van der Waals surface area contributed by atoms with E-state index in [1.807, 2.05) is 25.1 Å². The minimum atomic E-state index is 0. The minimum Gasteiger partial charge on any atom is -0.494 e. The molecule has 2 N–H and O–H groups in total. The molecule has 4 nitrogen and oxygen atoms in total. The van der Waals surface area contributed by atoms with E-state index in [4.69, 9.17) is 4.74 Å². The van der Waals surface area contributed by atoms with Crippen molar-refractivity contribution in [2.75, 3.05) is 19.7 Å². The number of ether oxygens (including phenoxy) is 1. The average molecular weight is 417 g/mol. The molecule has 1 aromatic rings. The Labute approximate surface area is 151 Å².